The third kappa shape index (κ3) is 16.0. The molecule has 0 aliphatic carbocycles. The Kier molecular flexibility index (Phi) is 19.9. The summed E-state index contributed by atoms with van der Waals surface area (Å²) < 4.78 is 150. The molecule has 0 amide bonds. The molecule has 0 aliphatic heterocycles. The summed E-state index contributed by atoms with van der Waals surface area (Å²) in [4.78, 5) is 26.1. The summed E-state index contributed by atoms with van der Waals surface area (Å²) in [5.74, 6) is -1.88. The predicted octanol–water partition coefficient (Wildman–Crippen LogP) is 9.85. The molecule has 18 nitrogen and oxygen atoms in total. The van der Waals surface area contributed by atoms with Crippen LogP contribution in [0.15, 0.2) is 142 Å². The third-order valence-corrected chi connectivity index (χ3v) is 14.1. The normalized spacial score (nSPS) is 11.8. The molecular formula is C54H53ClF2N2O16S4. The van der Waals surface area contributed by atoms with Gasteiger partial charge in [-0.15, -0.1) is 0 Å². The molecule has 0 unspecified atom stereocenters. The molecule has 0 saturated heterocycles. The number of aliphatic hydroxyl groups is 1. The van der Waals surface area contributed by atoms with E-state index in [2.05, 4.69) is 10.7 Å². The van der Waals surface area contributed by atoms with E-state index >= 15 is 0 Å². The molecule has 79 heavy (non-hydrogen) atoms. The summed E-state index contributed by atoms with van der Waals surface area (Å²) >= 11 is 0. The first-order valence-electron chi connectivity index (χ1n) is 23.6. The molecule has 25 heteroatoms. The molecule has 8 aromatic rings. The summed E-state index contributed by atoms with van der Waals surface area (Å²) in [7, 11) is -10.2. The minimum Gasteiger partial charge on any atom is -0.462 e. The Morgan fingerprint density at radius 2 is 0.899 bits per heavy atom. The topological polar surface area (TPSA) is 251 Å². The summed E-state index contributed by atoms with van der Waals surface area (Å²) in [5.41, 5.74) is 4.32. The van der Waals surface area contributed by atoms with Crippen LogP contribution in [0.1, 0.15) is 34.6 Å². The molecular weight excluding hydrogens is 1130 g/mol. The van der Waals surface area contributed by atoms with Crippen molar-refractivity contribution in [2.75, 3.05) is 73.2 Å². The fourth-order valence-electron chi connectivity index (χ4n) is 8.09. The van der Waals surface area contributed by atoms with Crippen molar-refractivity contribution < 1.29 is 79.6 Å². The quantitative estimate of drug-likeness (QED) is 0.0476. The van der Waals surface area contributed by atoms with Gasteiger partial charge in [0, 0.05) is 55.8 Å². The van der Waals surface area contributed by atoms with Crippen LogP contribution in [0.2, 0.25) is 0 Å². The van der Waals surface area contributed by atoms with E-state index < -0.39 is 76.0 Å². The second kappa shape index (κ2) is 25.7. The number of furan rings is 2. The summed E-state index contributed by atoms with van der Waals surface area (Å²) in [6.45, 7) is 2.28. The molecule has 0 saturated carbocycles. The van der Waals surface area contributed by atoms with Crippen LogP contribution in [0.5, 0.6) is 0 Å². The molecule has 2 aromatic heterocycles. The number of rotatable bonds is 18. The van der Waals surface area contributed by atoms with Gasteiger partial charge in [-0.1, -0.05) is 60.7 Å². The lowest BCUT2D eigenvalue weighted by molar-refractivity contribution is 0.0519. The average Bonchev–Trinajstić information content (AvgIpc) is 4.12. The monoisotopic (exact) mass is 1190 g/mol. The molecule has 0 bridgehead atoms. The molecule has 420 valence electrons. The molecule has 2 heterocycles. The minimum absolute atomic E-state index is 0.0974. The molecule has 0 atom stereocenters. The lowest BCUT2D eigenvalue weighted by Crippen LogP contribution is -2.34. The number of benzene rings is 6. The number of nitrogens with zero attached hydrogens (tertiary/aromatic N) is 2. The Bertz CT molecular complexity index is 3930. The maximum Gasteiger partial charge on any atom is 0.342 e. The van der Waals surface area contributed by atoms with Gasteiger partial charge >= 0.3 is 11.9 Å². The Balaban J connectivity index is 0.000000236. The zero-order valence-corrected chi connectivity index (χ0v) is 47.2. The molecule has 0 radical (unpaired) electrons. The van der Waals surface area contributed by atoms with E-state index in [-0.39, 0.29) is 71.5 Å². The van der Waals surface area contributed by atoms with Crippen LogP contribution in [0.3, 0.4) is 0 Å². The van der Waals surface area contributed by atoms with Crippen LogP contribution in [0.25, 0.3) is 66.8 Å². The number of aliphatic hydroxyl groups excluding tert-OH is 1. The zero-order valence-electron chi connectivity index (χ0n) is 43.2. The fourth-order valence-corrected chi connectivity index (χ4v) is 10.3. The fraction of sp³-hybridized carbons (Fsp3) is 0.222. The van der Waals surface area contributed by atoms with Gasteiger partial charge in [0.15, 0.2) is 0 Å². The number of sulfonamides is 2. The Morgan fingerprint density at radius 1 is 0.544 bits per heavy atom. The van der Waals surface area contributed by atoms with Crippen LogP contribution < -0.4 is 8.61 Å². The maximum atomic E-state index is 13.6. The first-order chi connectivity index (χ1) is 37.1. The van der Waals surface area contributed by atoms with Gasteiger partial charge in [-0.2, -0.15) is 8.42 Å². The highest BCUT2D eigenvalue weighted by Gasteiger charge is 2.30. The van der Waals surface area contributed by atoms with Crippen molar-refractivity contribution in [3.63, 3.8) is 0 Å². The van der Waals surface area contributed by atoms with E-state index in [0.717, 1.165) is 33.6 Å². The van der Waals surface area contributed by atoms with Crippen LogP contribution >= 0.6 is 10.7 Å². The summed E-state index contributed by atoms with van der Waals surface area (Å²) in [6.07, 6.45) is 3.84. The lowest BCUT2D eigenvalue weighted by Gasteiger charge is -2.25. The van der Waals surface area contributed by atoms with Gasteiger partial charge in [0.1, 0.15) is 45.4 Å². The van der Waals surface area contributed by atoms with Gasteiger partial charge in [-0.05, 0) is 85.6 Å². The first-order valence-corrected chi connectivity index (χ1v) is 31.8. The second-order valence-corrected chi connectivity index (χ2v) is 25.6. The Labute approximate surface area is 460 Å². The van der Waals surface area contributed by atoms with Crippen molar-refractivity contribution in [2.45, 2.75) is 13.8 Å². The molecule has 0 aliphatic rings. The number of carbonyl (C=O) groups excluding carboxylic acids is 2. The number of esters is 2. The average molecular weight is 1190 g/mol. The molecule has 0 spiro atoms. The van der Waals surface area contributed by atoms with Gasteiger partial charge in [-0.25, -0.2) is 43.6 Å². The van der Waals surface area contributed by atoms with E-state index in [1.165, 1.54) is 60.7 Å². The van der Waals surface area contributed by atoms with Gasteiger partial charge in [0.2, 0.25) is 29.1 Å². The summed E-state index contributed by atoms with van der Waals surface area (Å²) in [5, 5.41) is 10.3. The Morgan fingerprint density at radius 3 is 1.22 bits per heavy atom. The smallest absolute Gasteiger partial charge is 0.342 e. The van der Waals surface area contributed by atoms with Crippen LogP contribution in [-0.2, 0) is 52.9 Å². The number of hydrogen-bond donors (Lipinski definition) is 1. The SMILES string of the molecule is CCOC(=O)c1c(-c2ccc(F)cc2)oc2cc(N(CCO)S(C)(=O)=O)c(-c3ccccc3)cc12.CCOC(=O)c1c(-c2ccc(F)cc2)oc2cc(N(CCOS(C)(=O)=O)S(C)(=O)=O)c(-c3ccccc3)cc12.CS(=O)(=O)Cl. The van der Waals surface area contributed by atoms with Gasteiger partial charge < -0.3 is 23.4 Å². The maximum absolute atomic E-state index is 13.6. The largest absolute Gasteiger partial charge is 0.462 e. The second-order valence-electron chi connectivity index (χ2n) is 17.1. The van der Waals surface area contributed by atoms with Crippen molar-refractivity contribution in [3.05, 3.63) is 156 Å². The van der Waals surface area contributed by atoms with E-state index in [4.69, 9.17) is 22.5 Å². The highest BCUT2D eigenvalue weighted by atomic mass is 35.7. The number of fused-ring (bicyclic) bond motifs is 2. The first kappa shape index (κ1) is 61.0. The molecule has 0 fully saturated rings. The minimum atomic E-state index is -3.94. The number of ether oxygens (including phenoxy) is 2. The molecule has 6 aromatic carbocycles. The zero-order chi connectivity index (χ0) is 58.0. The predicted molar refractivity (Wildman–Crippen MR) is 299 cm³/mol. The van der Waals surface area contributed by atoms with Crippen LogP contribution in [0, 0.1) is 11.6 Å². The standard InChI is InChI=1S/C27H26FNO8S2.C26H24FNO6S.CH3ClO2S/c1-4-35-27(30)25-22-16-21(18-8-6-5-7-9-18)23(29(38(2,31)32)14-15-36-39(3,33)34)17-24(22)37-26(25)19-10-12-20(28)13-11-19;1-3-33-26(30)24-21-15-20(17-7-5-4-6-8-17)22(28(13-14-29)35(2,31)32)16-23(21)34-25(24)18-9-11-19(27)12-10-18;1-5(2,3)4/h5-13,16-17H,4,14-15H2,1-3H3;4-12,15-16,29H,3,13-14H2,1-2H3;1H3. The Hall–Kier alpha value is -7.19. The van der Waals surface area contributed by atoms with E-state index in [1.807, 2.05) is 30.3 Å². The highest BCUT2D eigenvalue weighted by Crippen LogP contribution is 2.44. The van der Waals surface area contributed by atoms with Gasteiger partial charge in [0.05, 0.1) is 75.9 Å². The van der Waals surface area contributed by atoms with Crippen LogP contribution in [-0.4, -0.2) is 115 Å². The lowest BCUT2D eigenvalue weighted by atomic mass is 9.98. The van der Waals surface area contributed by atoms with Crippen molar-refractivity contribution in [1.29, 1.82) is 0 Å². The third-order valence-electron chi connectivity index (χ3n) is 11.2. The van der Waals surface area contributed by atoms with Crippen molar-refractivity contribution >= 4 is 95.1 Å². The number of anilines is 2. The van der Waals surface area contributed by atoms with Crippen LogP contribution in [0.4, 0.5) is 20.2 Å². The van der Waals surface area contributed by atoms with E-state index in [9.17, 15) is 57.1 Å². The molecule has 1 N–H and O–H groups in total. The van der Waals surface area contributed by atoms with Gasteiger partial charge in [-0.3, -0.25) is 12.8 Å². The van der Waals surface area contributed by atoms with Crippen molar-refractivity contribution in [3.8, 4) is 44.9 Å². The van der Waals surface area contributed by atoms with Crippen molar-refractivity contribution in [2.24, 2.45) is 0 Å². The number of hydrogen-bond acceptors (Lipinski definition) is 16. The summed E-state index contributed by atoms with van der Waals surface area (Å²) in [6, 6.07) is 35.1. The highest BCUT2D eigenvalue weighted by molar-refractivity contribution is 8.13. The number of carbonyl (C=O) groups is 2. The number of halogens is 3. The van der Waals surface area contributed by atoms with Crippen molar-refractivity contribution in [1.82, 2.24) is 0 Å². The van der Waals surface area contributed by atoms with Gasteiger partial charge in [0.25, 0.3) is 10.1 Å². The molecule has 8 rings (SSSR count). The van der Waals surface area contributed by atoms with E-state index in [0.29, 0.717) is 44.2 Å². The van der Waals surface area contributed by atoms with E-state index in [1.54, 1.807) is 56.3 Å².